The highest BCUT2D eigenvalue weighted by Gasteiger charge is 2.15. The van der Waals surface area contributed by atoms with Crippen molar-refractivity contribution in [2.24, 2.45) is 0 Å². The Hall–Kier alpha value is -1.09. The normalized spacial score (nSPS) is 11.9. The Bertz CT molecular complexity index is 611. The Morgan fingerprint density at radius 3 is 2.68 bits per heavy atom. The number of nitriles is 1. The molecule has 0 saturated carbocycles. The van der Waals surface area contributed by atoms with Gasteiger partial charge in [-0.2, -0.15) is 5.26 Å². The highest BCUT2D eigenvalue weighted by atomic mass is 79.9. The van der Waals surface area contributed by atoms with E-state index in [1.807, 2.05) is 0 Å². The first-order valence-electron chi connectivity index (χ1n) is 5.37. The molecule has 1 heterocycles. The number of benzene rings is 1. The van der Waals surface area contributed by atoms with Gasteiger partial charge in [-0.15, -0.1) is 11.3 Å². The maximum Gasteiger partial charge on any atom is 0.149 e. The molecule has 2 rings (SSSR count). The zero-order valence-corrected chi connectivity index (χ0v) is 13.0. The molecule has 6 heteroatoms. The van der Waals surface area contributed by atoms with Gasteiger partial charge in [0.2, 0.25) is 0 Å². The fourth-order valence-electron chi connectivity index (χ4n) is 1.66. The van der Waals surface area contributed by atoms with Crippen LogP contribution in [0.3, 0.4) is 0 Å². The zero-order valence-electron chi connectivity index (χ0n) is 9.88. The third-order valence-corrected chi connectivity index (χ3v) is 4.97. The highest BCUT2D eigenvalue weighted by molar-refractivity contribution is 9.10. The average molecular weight is 360 g/mol. The second-order valence-electron chi connectivity index (χ2n) is 3.99. The summed E-state index contributed by atoms with van der Waals surface area (Å²) in [5.74, 6) is -0.329. The first kappa shape index (κ1) is 14.3. The van der Waals surface area contributed by atoms with Gasteiger partial charge in [-0.1, -0.05) is 11.6 Å². The van der Waals surface area contributed by atoms with E-state index in [0.29, 0.717) is 10.0 Å². The molecular weight excluding hydrogens is 351 g/mol. The van der Waals surface area contributed by atoms with Crippen molar-refractivity contribution < 1.29 is 4.39 Å². The Kier molecular flexibility index (Phi) is 4.46. The van der Waals surface area contributed by atoms with E-state index in [4.69, 9.17) is 11.6 Å². The summed E-state index contributed by atoms with van der Waals surface area (Å²) in [6, 6.07) is 7.96. The number of anilines is 1. The lowest BCUT2D eigenvalue weighted by atomic mass is 10.2. The van der Waals surface area contributed by atoms with Crippen LogP contribution in [0.2, 0.25) is 4.34 Å². The molecule has 0 amide bonds. The van der Waals surface area contributed by atoms with Crippen LogP contribution in [0.4, 0.5) is 10.1 Å². The fourth-order valence-corrected chi connectivity index (χ4v) is 3.39. The van der Waals surface area contributed by atoms with Crippen molar-refractivity contribution in [1.29, 1.82) is 5.26 Å². The number of halogens is 3. The molecule has 1 aromatic carbocycles. The molecule has 2 aromatic rings. The molecule has 0 aliphatic heterocycles. The molecule has 0 aliphatic rings. The first-order valence-corrected chi connectivity index (χ1v) is 7.36. The smallest absolute Gasteiger partial charge is 0.149 e. The molecule has 0 aliphatic carbocycles. The molecular formula is C13H9BrClFN2S. The van der Waals surface area contributed by atoms with Crippen LogP contribution < -0.4 is 5.32 Å². The van der Waals surface area contributed by atoms with Crippen LogP contribution >= 0.6 is 38.9 Å². The quantitative estimate of drug-likeness (QED) is 0.808. The third-order valence-electron chi connectivity index (χ3n) is 2.43. The van der Waals surface area contributed by atoms with Crippen molar-refractivity contribution in [1.82, 2.24) is 0 Å². The van der Waals surface area contributed by atoms with Crippen LogP contribution in [0.15, 0.2) is 28.7 Å². The lowest BCUT2D eigenvalue weighted by molar-refractivity contribution is 0.627. The van der Waals surface area contributed by atoms with Crippen LogP contribution in [0, 0.1) is 24.1 Å². The number of thiophene rings is 1. The van der Waals surface area contributed by atoms with Crippen LogP contribution in [-0.4, -0.2) is 0 Å². The third kappa shape index (κ3) is 3.47. The largest absolute Gasteiger partial charge is 0.365 e. The molecule has 98 valence electrons. The van der Waals surface area contributed by atoms with Crippen molar-refractivity contribution in [2.45, 2.75) is 13.0 Å². The Balaban J connectivity index is 2.26. The first-order chi connectivity index (χ1) is 8.99. The Morgan fingerprint density at radius 2 is 2.16 bits per heavy atom. The summed E-state index contributed by atoms with van der Waals surface area (Å²) in [5.41, 5.74) is 1.37. The molecule has 0 bridgehead atoms. The predicted octanol–water partition coefficient (Wildman–Crippen LogP) is 5.29. The molecule has 0 fully saturated rings. The van der Waals surface area contributed by atoms with Crippen LogP contribution in [0.5, 0.6) is 0 Å². The van der Waals surface area contributed by atoms with Gasteiger partial charge in [0.05, 0.1) is 6.07 Å². The monoisotopic (exact) mass is 358 g/mol. The van der Waals surface area contributed by atoms with Gasteiger partial charge < -0.3 is 5.32 Å². The predicted molar refractivity (Wildman–Crippen MR) is 80.1 cm³/mol. The van der Waals surface area contributed by atoms with E-state index in [0.717, 1.165) is 14.9 Å². The van der Waals surface area contributed by atoms with Crippen molar-refractivity contribution in [3.8, 4) is 6.07 Å². The van der Waals surface area contributed by atoms with Crippen LogP contribution in [0.1, 0.15) is 16.5 Å². The van der Waals surface area contributed by atoms with Gasteiger partial charge in [-0.25, -0.2) is 4.39 Å². The summed E-state index contributed by atoms with van der Waals surface area (Å²) in [7, 11) is 0. The molecule has 2 nitrogen and oxygen atoms in total. The molecule has 1 N–H and O–H groups in total. The van der Waals surface area contributed by atoms with Crippen LogP contribution in [-0.2, 0) is 0 Å². The van der Waals surface area contributed by atoms with E-state index in [1.165, 1.54) is 23.5 Å². The number of rotatable bonds is 3. The summed E-state index contributed by atoms with van der Waals surface area (Å²) in [4.78, 5) is 0.779. The fraction of sp³-hybridized carbons (Fsp3) is 0.154. The molecule has 1 atom stereocenters. The maximum absolute atomic E-state index is 13.3. The summed E-state index contributed by atoms with van der Waals surface area (Å²) in [5, 5.41) is 12.2. The number of nitrogens with one attached hydrogen (secondary N) is 1. The summed E-state index contributed by atoms with van der Waals surface area (Å²) >= 11 is 10.6. The van der Waals surface area contributed by atoms with Gasteiger partial charge in [0.1, 0.15) is 16.2 Å². The van der Waals surface area contributed by atoms with E-state index < -0.39 is 6.04 Å². The van der Waals surface area contributed by atoms with E-state index in [9.17, 15) is 9.65 Å². The minimum atomic E-state index is -0.560. The second kappa shape index (κ2) is 5.91. The summed E-state index contributed by atoms with van der Waals surface area (Å²) in [6.07, 6.45) is 0. The van der Waals surface area contributed by atoms with Gasteiger partial charge in [0, 0.05) is 15.0 Å². The summed E-state index contributed by atoms with van der Waals surface area (Å²) in [6.45, 7) is 1.80. The average Bonchev–Trinajstić information content (AvgIpc) is 2.65. The SMILES string of the molecule is Cc1cc(F)cc(NC(C#N)c2cc(Br)c(Cl)s2)c1. The minimum absolute atomic E-state index is 0.329. The van der Waals surface area contributed by atoms with Crippen molar-refractivity contribution >= 4 is 44.6 Å². The Labute approximate surface area is 128 Å². The number of hydrogen-bond acceptors (Lipinski definition) is 3. The van der Waals surface area contributed by atoms with Gasteiger partial charge in [0.15, 0.2) is 0 Å². The molecule has 0 radical (unpaired) electrons. The summed E-state index contributed by atoms with van der Waals surface area (Å²) < 4.78 is 14.7. The minimum Gasteiger partial charge on any atom is -0.365 e. The topological polar surface area (TPSA) is 35.8 Å². The number of hydrogen-bond donors (Lipinski definition) is 1. The molecule has 0 saturated heterocycles. The van der Waals surface area contributed by atoms with Gasteiger partial charge in [0.25, 0.3) is 0 Å². The standard InChI is InChI=1S/C13H9BrClFN2S/c1-7-2-8(16)4-9(3-7)18-11(6-17)12-5-10(14)13(15)19-12/h2-5,11,18H,1H3. The number of nitrogens with zero attached hydrogens (tertiary/aromatic N) is 1. The lowest BCUT2D eigenvalue weighted by Gasteiger charge is -2.12. The molecule has 1 aromatic heterocycles. The highest BCUT2D eigenvalue weighted by Crippen LogP contribution is 2.36. The van der Waals surface area contributed by atoms with Gasteiger partial charge in [-0.05, 0) is 52.7 Å². The van der Waals surface area contributed by atoms with E-state index in [-0.39, 0.29) is 5.82 Å². The molecule has 0 spiro atoms. The maximum atomic E-state index is 13.3. The van der Waals surface area contributed by atoms with Crippen LogP contribution in [0.25, 0.3) is 0 Å². The lowest BCUT2D eigenvalue weighted by Crippen LogP contribution is -2.07. The number of aryl methyl sites for hydroxylation is 1. The zero-order chi connectivity index (χ0) is 14.0. The van der Waals surface area contributed by atoms with Gasteiger partial charge >= 0.3 is 0 Å². The molecule has 19 heavy (non-hydrogen) atoms. The molecule has 1 unspecified atom stereocenters. The van der Waals surface area contributed by atoms with E-state index in [2.05, 4.69) is 27.3 Å². The van der Waals surface area contributed by atoms with Crippen molar-refractivity contribution in [3.05, 3.63) is 49.3 Å². The Morgan fingerprint density at radius 1 is 1.42 bits per heavy atom. The van der Waals surface area contributed by atoms with Crippen molar-refractivity contribution in [2.75, 3.05) is 5.32 Å². The van der Waals surface area contributed by atoms with Gasteiger partial charge in [-0.3, -0.25) is 0 Å². The second-order valence-corrected chi connectivity index (χ2v) is 6.53. The van der Waals surface area contributed by atoms with E-state index >= 15 is 0 Å². The van der Waals surface area contributed by atoms with Crippen molar-refractivity contribution in [3.63, 3.8) is 0 Å². The van der Waals surface area contributed by atoms with E-state index in [1.54, 1.807) is 19.1 Å².